The molecule has 0 saturated carbocycles. The topological polar surface area (TPSA) is 49.2 Å². The molecule has 0 radical (unpaired) electrons. The Labute approximate surface area is 147 Å². The summed E-state index contributed by atoms with van der Waals surface area (Å²) in [4.78, 5) is 0. The molecule has 0 amide bonds. The third kappa shape index (κ3) is 4.11. The van der Waals surface area contributed by atoms with Gasteiger partial charge < -0.3 is 9.47 Å². The maximum Gasteiger partial charge on any atom is 0.191 e. The van der Waals surface area contributed by atoms with Crippen molar-refractivity contribution in [2.24, 2.45) is 5.92 Å². The first kappa shape index (κ1) is 17.3. The Morgan fingerprint density at radius 1 is 1.29 bits per heavy atom. The average molecular weight is 347 g/mol. The summed E-state index contributed by atoms with van der Waals surface area (Å²) in [6.07, 6.45) is 2.50. The van der Waals surface area contributed by atoms with E-state index in [0.29, 0.717) is 5.92 Å². The lowest BCUT2D eigenvalue weighted by Crippen LogP contribution is -2.16. The summed E-state index contributed by atoms with van der Waals surface area (Å²) in [5.74, 6) is 3.40. The van der Waals surface area contributed by atoms with Gasteiger partial charge in [-0.3, -0.25) is 4.57 Å². The molecule has 3 rings (SSSR count). The number of benzene rings is 1. The van der Waals surface area contributed by atoms with Gasteiger partial charge in [-0.2, -0.15) is 0 Å². The standard InChI is InChI=1S/C18H25N3O2S/c1-13(2)12-24-18-20-19-17(14-6-8-15(22-3)9-7-14)21(18)11-16-5-4-10-23-16/h6-9,13,16H,4-5,10-12H2,1-3H3. The predicted octanol–water partition coefficient (Wildman–Crippen LogP) is 3.88. The van der Waals surface area contributed by atoms with Crippen LogP contribution >= 0.6 is 11.8 Å². The van der Waals surface area contributed by atoms with Crippen LogP contribution in [0, 0.1) is 5.92 Å². The smallest absolute Gasteiger partial charge is 0.191 e. The Morgan fingerprint density at radius 3 is 2.71 bits per heavy atom. The van der Waals surface area contributed by atoms with Crippen molar-refractivity contribution in [1.29, 1.82) is 0 Å². The first-order chi connectivity index (χ1) is 11.7. The highest BCUT2D eigenvalue weighted by Gasteiger charge is 2.21. The van der Waals surface area contributed by atoms with Gasteiger partial charge in [-0.1, -0.05) is 25.6 Å². The van der Waals surface area contributed by atoms with Gasteiger partial charge in [0.25, 0.3) is 0 Å². The van der Waals surface area contributed by atoms with Gasteiger partial charge >= 0.3 is 0 Å². The fourth-order valence-corrected chi connectivity index (χ4v) is 3.64. The molecule has 1 aliphatic rings. The van der Waals surface area contributed by atoms with Gasteiger partial charge in [0.2, 0.25) is 0 Å². The SMILES string of the molecule is COc1ccc(-c2nnc(SCC(C)C)n2CC2CCCO2)cc1. The van der Waals surface area contributed by atoms with Gasteiger partial charge in [-0.25, -0.2) is 0 Å². The van der Waals surface area contributed by atoms with Crippen LogP contribution in [0.2, 0.25) is 0 Å². The number of hydrogen-bond acceptors (Lipinski definition) is 5. The molecule has 1 atom stereocenters. The Hall–Kier alpha value is -1.53. The molecule has 1 aromatic carbocycles. The fraction of sp³-hybridized carbons (Fsp3) is 0.556. The summed E-state index contributed by atoms with van der Waals surface area (Å²) in [7, 11) is 1.68. The highest BCUT2D eigenvalue weighted by Crippen LogP contribution is 2.28. The zero-order chi connectivity index (χ0) is 16.9. The largest absolute Gasteiger partial charge is 0.497 e. The van der Waals surface area contributed by atoms with Crippen molar-refractivity contribution in [2.45, 2.75) is 44.5 Å². The van der Waals surface area contributed by atoms with Gasteiger partial charge in [0.15, 0.2) is 11.0 Å². The molecule has 0 spiro atoms. The second kappa shape index (κ2) is 8.03. The molecule has 0 aliphatic carbocycles. The third-order valence-corrected chi connectivity index (χ3v) is 5.41. The van der Waals surface area contributed by atoms with Crippen LogP contribution in [0.3, 0.4) is 0 Å². The molecule has 1 aliphatic heterocycles. The van der Waals surface area contributed by atoms with Gasteiger partial charge in [-0.15, -0.1) is 10.2 Å². The fourth-order valence-electron chi connectivity index (χ4n) is 2.75. The van der Waals surface area contributed by atoms with E-state index in [-0.39, 0.29) is 6.10 Å². The van der Waals surface area contributed by atoms with Crippen molar-refractivity contribution in [1.82, 2.24) is 14.8 Å². The summed E-state index contributed by atoms with van der Waals surface area (Å²) in [5.41, 5.74) is 1.05. The Balaban J connectivity index is 1.88. The van der Waals surface area contributed by atoms with Crippen LogP contribution in [-0.4, -0.2) is 40.3 Å². The van der Waals surface area contributed by atoms with Crippen LogP contribution in [-0.2, 0) is 11.3 Å². The summed E-state index contributed by atoms with van der Waals surface area (Å²) in [6, 6.07) is 7.99. The summed E-state index contributed by atoms with van der Waals surface area (Å²) in [6.45, 7) is 6.12. The van der Waals surface area contributed by atoms with Gasteiger partial charge in [-0.05, 0) is 43.0 Å². The number of methoxy groups -OCH3 is 1. The molecule has 1 fully saturated rings. The van der Waals surface area contributed by atoms with E-state index in [2.05, 4.69) is 28.6 Å². The first-order valence-corrected chi connectivity index (χ1v) is 9.48. The molecule has 2 heterocycles. The van der Waals surface area contributed by atoms with Crippen molar-refractivity contribution >= 4 is 11.8 Å². The number of aromatic nitrogens is 3. The van der Waals surface area contributed by atoms with E-state index in [0.717, 1.165) is 54.0 Å². The van der Waals surface area contributed by atoms with Crippen LogP contribution in [0.1, 0.15) is 26.7 Å². The van der Waals surface area contributed by atoms with Crippen LogP contribution in [0.25, 0.3) is 11.4 Å². The van der Waals surface area contributed by atoms with Crippen LogP contribution in [0.15, 0.2) is 29.4 Å². The minimum Gasteiger partial charge on any atom is -0.497 e. The molecular formula is C18H25N3O2S. The highest BCUT2D eigenvalue weighted by atomic mass is 32.2. The minimum atomic E-state index is 0.261. The molecule has 24 heavy (non-hydrogen) atoms. The molecule has 0 bridgehead atoms. The van der Waals surface area contributed by atoms with Crippen molar-refractivity contribution in [3.05, 3.63) is 24.3 Å². The molecule has 6 heteroatoms. The van der Waals surface area contributed by atoms with Crippen LogP contribution in [0.5, 0.6) is 5.75 Å². The third-order valence-electron chi connectivity index (χ3n) is 4.02. The quantitative estimate of drug-likeness (QED) is 0.711. The van der Waals surface area contributed by atoms with Crippen LogP contribution < -0.4 is 4.74 Å². The zero-order valence-electron chi connectivity index (χ0n) is 14.6. The molecule has 1 aromatic heterocycles. The van der Waals surface area contributed by atoms with Crippen molar-refractivity contribution < 1.29 is 9.47 Å². The summed E-state index contributed by atoms with van der Waals surface area (Å²) >= 11 is 1.77. The van der Waals surface area contributed by atoms with Crippen molar-refractivity contribution in [2.75, 3.05) is 19.5 Å². The van der Waals surface area contributed by atoms with E-state index in [1.54, 1.807) is 18.9 Å². The Morgan fingerprint density at radius 2 is 2.08 bits per heavy atom. The minimum absolute atomic E-state index is 0.261. The van der Waals surface area contributed by atoms with E-state index < -0.39 is 0 Å². The monoisotopic (exact) mass is 347 g/mol. The second-order valence-corrected chi connectivity index (χ2v) is 7.47. The molecule has 2 aromatic rings. The first-order valence-electron chi connectivity index (χ1n) is 8.49. The molecule has 1 unspecified atom stereocenters. The van der Waals surface area contributed by atoms with Crippen molar-refractivity contribution in [3.63, 3.8) is 0 Å². The van der Waals surface area contributed by atoms with Gasteiger partial charge in [0.1, 0.15) is 5.75 Å². The summed E-state index contributed by atoms with van der Waals surface area (Å²) < 4.78 is 13.3. The lowest BCUT2D eigenvalue weighted by molar-refractivity contribution is 0.0953. The number of rotatable bonds is 7. The maximum absolute atomic E-state index is 5.83. The normalized spacial score (nSPS) is 17.6. The number of thioether (sulfide) groups is 1. The Bertz CT molecular complexity index is 649. The molecular weight excluding hydrogens is 322 g/mol. The van der Waals surface area contributed by atoms with Crippen LogP contribution in [0.4, 0.5) is 0 Å². The van der Waals surface area contributed by atoms with E-state index in [1.165, 1.54) is 0 Å². The molecule has 1 saturated heterocycles. The zero-order valence-corrected chi connectivity index (χ0v) is 15.4. The lowest BCUT2D eigenvalue weighted by atomic mass is 10.2. The van der Waals surface area contributed by atoms with E-state index >= 15 is 0 Å². The van der Waals surface area contributed by atoms with Crippen molar-refractivity contribution in [3.8, 4) is 17.1 Å². The molecule has 0 N–H and O–H groups in total. The number of nitrogens with zero attached hydrogens (tertiary/aromatic N) is 3. The lowest BCUT2D eigenvalue weighted by Gasteiger charge is -2.15. The number of ether oxygens (including phenoxy) is 2. The molecule has 130 valence electrons. The maximum atomic E-state index is 5.83. The predicted molar refractivity (Wildman–Crippen MR) is 96.5 cm³/mol. The average Bonchev–Trinajstić information content (AvgIpc) is 3.23. The number of hydrogen-bond donors (Lipinski definition) is 0. The highest BCUT2D eigenvalue weighted by molar-refractivity contribution is 7.99. The van der Waals surface area contributed by atoms with Gasteiger partial charge in [0, 0.05) is 17.9 Å². The van der Waals surface area contributed by atoms with E-state index in [9.17, 15) is 0 Å². The summed E-state index contributed by atoms with van der Waals surface area (Å²) in [5, 5.41) is 9.87. The van der Waals surface area contributed by atoms with Gasteiger partial charge in [0.05, 0.1) is 19.8 Å². The second-order valence-electron chi connectivity index (χ2n) is 6.49. The van der Waals surface area contributed by atoms with E-state index in [1.807, 2.05) is 24.3 Å². The Kier molecular flexibility index (Phi) is 5.79. The van der Waals surface area contributed by atoms with E-state index in [4.69, 9.17) is 9.47 Å². The molecule has 5 nitrogen and oxygen atoms in total.